The largest absolute Gasteiger partial charge is 0.355 e. The van der Waals surface area contributed by atoms with Crippen LogP contribution in [0.4, 0.5) is 10.2 Å². The first-order valence-corrected chi connectivity index (χ1v) is 6.69. The van der Waals surface area contributed by atoms with Crippen molar-refractivity contribution in [2.24, 2.45) is 0 Å². The Morgan fingerprint density at radius 3 is 2.63 bits per heavy atom. The van der Waals surface area contributed by atoms with Crippen LogP contribution in [0.15, 0.2) is 36.4 Å². The van der Waals surface area contributed by atoms with Gasteiger partial charge in [0.25, 0.3) is 0 Å². The summed E-state index contributed by atoms with van der Waals surface area (Å²) in [5.74, 6) is 0.740. The van der Waals surface area contributed by atoms with Gasteiger partial charge in [-0.05, 0) is 18.2 Å². The van der Waals surface area contributed by atoms with Crippen LogP contribution in [0.1, 0.15) is 11.3 Å². The molecule has 1 aromatic carbocycles. The van der Waals surface area contributed by atoms with E-state index in [1.54, 1.807) is 24.3 Å². The molecule has 0 amide bonds. The molecule has 5 heteroatoms. The molecule has 0 saturated heterocycles. The van der Waals surface area contributed by atoms with E-state index >= 15 is 0 Å². The van der Waals surface area contributed by atoms with Crippen molar-refractivity contribution >= 4 is 29.0 Å². The summed E-state index contributed by atoms with van der Waals surface area (Å²) in [7, 11) is 1.85. The van der Waals surface area contributed by atoms with Gasteiger partial charge in [0.1, 0.15) is 11.6 Å². The Morgan fingerprint density at radius 1 is 1.21 bits per heavy atom. The molecule has 1 heterocycles. The molecule has 100 valence electrons. The summed E-state index contributed by atoms with van der Waals surface area (Å²) in [6, 6.07) is 10.2. The van der Waals surface area contributed by atoms with Crippen molar-refractivity contribution in [1.82, 2.24) is 4.98 Å². The highest BCUT2D eigenvalue weighted by atomic mass is 35.5. The van der Waals surface area contributed by atoms with Crippen molar-refractivity contribution in [2.45, 2.75) is 12.4 Å². The Balaban J connectivity index is 2.20. The lowest BCUT2D eigenvalue weighted by Crippen LogP contribution is -2.18. The van der Waals surface area contributed by atoms with E-state index in [-0.39, 0.29) is 11.7 Å². The van der Waals surface area contributed by atoms with E-state index in [0.29, 0.717) is 28.6 Å². The SMILES string of the molecule is CN(Cc1ccccc1F)c1ccc(Cl)c(CCl)n1. The average Bonchev–Trinajstić information content (AvgIpc) is 2.42. The van der Waals surface area contributed by atoms with Crippen LogP contribution >= 0.6 is 23.2 Å². The van der Waals surface area contributed by atoms with Crippen LogP contribution in [0.25, 0.3) is 0 Å². The fourth-order valence-corrected chi connectivity index (χ4v) is 2.19. The lowest BCUT2D eigenvalue weighted by atomic mass is 10.2. The van der Waals surface area contributed by atoms with Crippen molar-refractivity contribution in [2.75, 3.05) is 11.9 Å². The zero-order valence-electron chi connectivity index (χ0n) is 10.4. The van der Waals surface area contributed by atoms with E-state index in [9.17, 15) is 4.39 Å². The summed E-state index contributed by atoms with van der Waals surface area (Å²) in [6.07, 6.45) is 0. The van der Waals surface area contributed by atoms with E-state index in [0.717, 1.165) is 0 Å². The van der Waals surface area contributed by atoms with Crippen LogP contribution in [0.2, 0.25) is 5.02 Å². The highest BCUT2D eigenvalue weighted by Crippen LogP contribution is 2.21. The molecule has 2 nitrogen and oxygen atoms in total. The second kappa shape index (κ2) is 6.22. The molecule has 0 fully saturated rings. The first-order valence-electron chi connectivity index (χ1n) is 5.77. The van der Waals surface area contributed by atoms with Crippen LogP contribution in [-0.2, 0) is 12.4 Å². The number of nitrogens with zero attached hydrogens (tertiary/aromatic N) is 2. The van der Waals surface area contributed by atoms with Crippen LogP contribution in [0.3, 0.4) is 0 Å². The van der Waals surface area contributed by atoms with Gasteiger partial charge < -0.3 is 4.90 Å². The van der Waals surface area contributed by atoms with Crippen LogP contribution < -0.4 is 4.90 Å². The minimum absolute atomic E-state index is 0.221. The fraction of sp³-hybridized carbons (Fsp3) is 0.214. The molecule has 0 spiro atoms. The number of anilines is 1. The highest BCUT2D eigenvalue weighted by molar-refractivity contribution is 6.32. The third-order valence-electron chi connectivity index (χ3n) is 2.79. The van der Waals surface area contributed by atoms with Crippen molar-refractivity contribution in [1.29, 1.82) is 0 Å². The Hall–Kier alpha value is -1.32. The monoisotopic (exact) mass is 298 g/mol. The predicted octanol–water partition coefficient (Wildman–Crippen LogP) is 4.25. The molecule has 0 N–H and O–H groups in total. The third-order valence-corrected chi connectivity index (χ3v) is 3.38. The van der Waals surface area contributed by atoms with E-state index in [1.165, 1.54) is 6.07 Å². The molecular weight excluding hydrogens is 286 g/mol. The fourth-order valence-electron chi connectivity index (χ4n) is 1.74. The van der Waals surface area contributed by atoms with E-state index in [1.807, 2.05) is 18.0 Å². The molecule has 0 saturated carbocycles. The number of alkyl halides is 1. The zero-order chi connectivity index (χ0) is 13.8. The van der Waals surface area contributed by atoms with Gasteiger partial charge in [-0.25, -0.2) is 9.37 Å². The second-order valence-electron chi connectivity index (χ2n) is 4.18. The van der Waals surface area contributed by atoms with Gasteiger partial charge in [0.15, 0.2) is 0 Å². The van der Waals surface area contributed by atoms with Gasteiger partial charge in [0.2, 0.25) is 0 Å². The Morgan fingerprint density at radius 2 is 1.95 bits per heavy atom. The molecule has 0 aliphatic rings. The molecule has 1 aromatic heterocycles. The van der Waals surface area contributed by atoms with Gasteiger partial charge in [-0.3, -0.25) is 0 Å². The average molecular weight is 299 g/mol. The number of aromatic nitrogens is 1. The standard InChI is InChI=1S/C14H13Cl2FN2/c1-19(9-10-4-2-3-5-12(10)17)14-7-6-11(16)13(8-15)18-14/h2-7H,8-9H2,1H3. The maximum Gasteiger partial charge on any atom is 0.129 e. The topological polar surface area (TPSA) is 16.1 Å². The number of hydrogen-bond acceptors (Lipinski definition) is 2. The van der Waals surface area contributed by atoms with Crippen molar-refractivity contribution in [3.63, 3.8) is 0 Å². The molecule has 2 rings (SSSR count). The Bertz CT molecular complexity index is 575. The molecule has 19 heavy (non-hydrogen) atoms. The summed E-state index contributed by atoms with van der Waals surface area (Å²) < 4.78 is 13.6. The highest BCUT2D eigenvalue weighted by Gasteiger charge is 2.09. The number of halogens is 3. The van der Waals surface area contributed by atoms with Gasteiger partial charge in [-0.2, -0.15) is 0 Å². The van der Waals surface area contributed by atoms with Crippen LogP contribution in [0.5, 0.6) is 0 Å². The minimum Gasteiger partial charge on any atom is -0.355 e. The number of benzene rings is 1. The number of rotatable bonds is 4. The van der Waals surface area contributed by atoms with E-state index in [4.69, 9.17) is 23.2 Å². The minimum atomic E-state index is -0.221. The lowest BCUT2D eigenvalue weighted by molar-refractivity contribution is 0.607. The van der Waals surface area contributed by atoms with Crippen LogP contribution in [0, 0.1) is 5.82 Å². The van der Waals surface area contributed by atoms with Gasteiger partial charge >= 0.3 is 0 Å². The Kier molecular flexibility index (Phi) is 4.61. The quantitative estimate of drug-likeness (QED) is 0.785. The van der Waals surface area contributed by atoms with Crippen molar-refractivity contribution < 1.29 is 4.39 Å². The molecule has 2 aromatic rings. The molecule has 0 aliphatic carbocycles. The van der Waals surface area contributed by atoms with Gasteiger partial charge in [0, 0.05) is 19.2 Å². The second-order valence-corrected chi connectivity index (χ2v) is 4.85. The maximum atomic E-state index is 13.6. The van der Waals surface area contributed by atoms with E-state index in [2.05, 4.69) is 4.98 Å². The van der Waals surface area contributed by atoms with Crippen molar-refractivity contribution in [3.8, 4) is 0 Å². The van der Waals surface area contributed by atoms with Gasteiger partial charge in [0.05, 0.1) is 16.6 Å². The third kappa shape index (κ3) is 3.37. The lowest BCUT2D eigenvalue weighted by Gasteiger charge is -2.19. The first-order chi connectivity index (χ1) is 9.11. The zero-order valence-corrected chi connectivity index (χ0v) is 11.9. The molecule has 0 radical (unpaired) electrons. The summed E-state index contributed by atoms with van der Waals surface area (Å²) in [5.41, 5.74) is 1.25. The molecule has 0 atom stereocenters. The van der Waals surface area contributed by atoms with E-state index < -0.39 is 0 Å². The summed E-state index contributed by atoms with van der Waals surface area (Å²) in [6.45, 7) is 0.434. The summed E-state index contributed by atoms with van der Waals surface area (Å²) in [5, 5.41) is 0.540. The molecule has 0 unspecified atom stereocenters. The van der Waals surface area contributed by atoms with Crippen molar-refractivity contribution in [3.05, 3.63) is 58.5 Å². The number of hydrogen-bond donors (Lipinski definition) is 0. The molecule has 0 bridgehead atoms. The normalized spacial score (nSPS) is 10.5. The molecule has 0 aliphatic heterocycles. The number of pyridine rings is 1. The Labute approximate surface area is 121 Å². The summed E-state index contributed by atoms with van der Waals surface area (Å²) >= 11 is 11.7. The van der Waals surface area contributed by atoms with Crippen LogP contribution in [-0.4, -0.2) is 12.0 Å². The predicted molar refractivity (Wildman–Crippen MR) is 77.3 cm³/mol. The molecular formula is C14H13Cl2FN2. The first kappa shape index (κ1) is 14.1. The smallest absolute Gasteiger partial charge is 0.129 e. The maximum absolute atomic E-state index is 13.6. The van der Waals surface area contributed by atoms with Gasteiger partial charge in [-0.15, -0.1) is 11.6 Å². The van der Waals surface area contributed by atoms with Gasteiger partial charge in [-0.1, -0.05) is 29.8 Å². The summed E-state index contributed by atoms with van der Waals surface area (Å²) in [4.78, 5) is 6.21.